The Morgan fingerprint density at radius 1 is 1.19 bits per heavy atom. The Bertz CT molecular complexity index is 957. The molecule has 6 nitrogen and oxygen atoms in total. The van der Waals surface area contributed by atoms with Crippen molar-refractivity contribution in [2.45, 2.75) is 19.9 Å². The normalized spacial score (nSPS) is 12.1. The van der Waals surface area contributed by atoms with E-state index in [2.05, 4.69) is 24.1 Å². The fraction of sp³-hybridized carbons (Fsp3) is 0.250. The minimum absolute atomic E-state index is 0.147. The molecule has 0 saturated carbocycles. The van der Waals surface area contributed by atoms with E-state index in [0.717, 1.165) is 17.0 Å². The molecule has 0 aliphatic carbocycles. The van der Waals surface area contributed by atoms with Gasteiger partial charge in [0.15, 0.2) is 0 Å². The standard InChI is InChI=1S/C20H22N4O2S/c1-12(2)17(19-22-8-9-24(19)3)23-20(26)14-6-4-13(5-7-14)15-10-16(18(21)25)27-11-15/h4-12,17H,1-3H3,(H2,21,25)(H,23,26). The minimum atomic E-state index is -0.434. The molecular formula is C20H22N4O2S. The van der Waals surface area contributed by atoms with Gasteiger partial charge in [-0.2, -0.15) is 0 Å². The van der Waals surface area contributed by atoms with E-state index in [1.54, 1.807) is 24.4 Å². The fourth-order valence-corrected chi connectivity index (χ4v) is 3.63. The van der Waals surface area contributed by atoms with Crippen molar-refractivity contribution in [3.8, 4) is 11.1 Å². The van der Waals surface area contributed by atoms with E-state index in [1.807, 2.05) is 35.3 Å². The SMILES string of the molecule is CC(C)C(NC(=O)c1ccc(-c2csc(C(N)=O)c2)cc1)c1nccn1C. The van der Waals surface area contributed by atoms with Crippen LogP contribution < -0.4 is 11.1 Å². The van der Waals surface area contributed by atoms with Crippen molar-refractivity contribution in [2.24, 2.45) is 18.7 Å². The summed E-state index contributed by atoms with van der Waals surface area (Å²) in [6.45, 7) is 4.10. The summed E-state index contributed by atoms with van der Waals surface area (Å²) in [7, 11) is 1.92. The first kappa shape index (κ1) is 18.8. The molecule has 1 aromatic carbocycles. The Morgan fingerprint density at radius 3 is 2.41 bits per heavy atom. The first-order valence-electron chi connectivity index (χ1n) is 8.63. The highest BCUT2D eigenvalue weighted by Crippen LogP contribution is 2.26. The second-order valence-corrected chi connectivity index (χ2v) is 7.64. The summed E-state index contributed by atoms with van der Waals surface area (Å²) in [5.74, 6) is 0.447. The zero-order valence-electron chi connectivity index (χ0n) is 15.5. The van der Waals surface area contributed by atoms with Gasteiger partial charge in [-0.25, -0.2) is 4.98 Å². The molecule has 3 rings (SSSR count). The third-order valence-electron chi connectivity index (χ3n) is 4.41. The van der Waals surface area contributed by atoms with Gasteiger partial charge in [0.05, 0.1) is 10.9 Å². The average molecular weight is 382 g/mol. The Kier molecular flexibility index (Phi) is 5.41. The Labute approximate surface area is 162 Å². The minimum Gasteiger partial charge on any atom is -0.365 e. The van der Waals surface area contributed by atoms with Crippen molar-refractivity contribution in [1.82, 2.24) is 14.9 Å². The Hall–Kier alpha value is -2.93. The van der Waals surface area contributed by atoms with E-state index in [9.17, 15) is 9.59 Å². The number of primary amides is 1. The summed E-state index contributed by atoms with van der Waals surface area (Å²) in [6.07, 6.45) is 3.60. The number of thiophene rings is 1. The largest absolute Gasteiger partial charge is 0.365 e. The summed E-state index contributed by atoms with van der Waals surface area (Å²) in [6, 6.07) is 8.88. The molecule has 2 aromatic heterocycles. The van der Waals surface area contributed by atoms with E-state index in [-0.39, 0.29) is 17.9 Å². The molecule has 0 aliphatic heterocycles. The average Bonchev–Trinajstić information content (AvgIpc) is 3.29. The van der Waals surface area contributed by atoms with E-state index in [0.29, 0.717) is 10.4 Å². The Morgan fingerprint density at radius 2 is 1.89 bits per heavy atom. The van der Waals surface area contributed by atoms with Crippen molar-refractivity contribution in [1.29, 1.82) is 0 Å². The molecular weight excluding hydrogens is 360 g/mol. The third kappa shape index (κ3) is 4.09. The number of imidazole rings is 1. The number of nitrogens with two attached hydrogens (primary N) is 1. The zero-order valence-corrected chi connectivity index (χ0v) is 16.3. The predicted molar refractivity (Wildman–Crippen MR) is 107 cm³/mol. The highest BCUT2D eigenvalue weighted by Gasteiger charge is 2.22. The van der Waals surface area contributed by atoms with Crippen molar-refractivity contribution in [3.63, 3.8) is 0 Å². The summed E-state index contributed by atoms with van der Waals surface area (Å²) < 4.78 is 1.92. The highest BCUT2D eigenvalue weighted by molar-refractivity contribution is 7.12. The maximum atomic E-state index is 12.7. The first-order valence-corrected chi connectivity index (χ1v) is 9.51. The lowest BCUT2D eigenvalue weighted by molar-refractivity contribution is 0.0921. The van der Waals surface area contributed by atoms with E-state index in [4.69, 9.17) is 5.73 Å². The van der Waals surface area contributed by atoms with Gasteiger partial charge in [-0.3, -0.25) is 9.59 Å². The quantitative estimate of drug-likeness (QED) is 0.685. The summed E-state index contributed by atoms with van der Waals surface area (Å²) in [4.78, 5) is 28.8. The Balaban J connectivity index is 1.76. The van der Waals surface area contributed by atoms with Crippen LogP contribution in [0.15, 0.2) is 48.1 Å². The monoisotopic (exact) mass is 382 g/mol. The highest BCUT2D eigenvalue weighted by atomic mass is 32.1. The van der Waals surface area contributed by atoms with Crippen molar-refractivity contribution >= 4 is 23.2 Å². The van der Waals surface area contributed by atoms with Crippen LogP contribution in [0.4, 0.5) is 0 Å². The molecule has 0 radical (unpaired) electrons. The van der Waals surface area contributed by atoms with E-state index in [1.165, 1.54) is 11.3 Å². The lowest BCUT2D eigenvalue weighted by Gasteiger charge is -2.22. The number of carbonyl (C=O) groups is 2. The van der Waals surface area contributed by atoms with E-state index >= 15 is 0 Å². The van der Waals surface area contributed by atoms with Crippen molar-refractivity contribution in [3.05, 3.63) is 64.4 Å². The van der Waals surface area contributed by atoms with Gasteiger partial charge in [0.1, 0.15) is 5.82 Å². The van der Waals surface area contributed by atoms with Crippen molar-refractivity contribution in [2.75, 3.05) is 0 Å². The number of hydrogen-bond acceptors (Lipinski definition) is 4. The number of carbonyl (C=O) groups excluding carboxylic acids is 2. The van der Waals surface area contributed by atoms with Gasteiger partial charge in [0, 0.05) is 25.0 Å². The smallest absolute Gasteiger partial charge is 0.258 e. The van der Waals surface area contributed by atoms with Crippen LogP contribution in [0, 0.1) is 5.92 Å². The molecule has 2 heterocycles. The molecule has 0 saturated heterocycles. The molecule has 2 amide bonds. The van der Waals surface area contributed by atoms with Gasteiger partial charge in [-0.15, -0.1) is 11.3 Å². The topological polar surface area (TPSA) is 90.0 Å². The van der Waals surface area contributed by atoms with Crippen LogP contribution in [-0.2, 0) is 7.05 Å². The van der Waals surface area contributed by atoms with Crippen LogP contribution >= 0.6 is 11.3 Å². The van der Waals surface area contributed by atoms with Gasteiger partial charge in [-0.05, 0) is 40.6 Å². The molecule has 0 fully saturated rings. The summed E-state index contributed by atoms with van der Waals surface area (Å²) in [5, 5.41) is 4.95. The van der Waals surface area contributed by atoms with Gasteiger partial charge >= 0.3 is 0 Å². The molecule has 1 unspecified atom stereocenters. The number of aryl methyl sites for hydroxylation is 1. The molecule has 27 heavy (non-hydrogen) atoms. The van der Waals surface area contributed by atoms with Crippen LogP contribution in [0.2, 0.25) is 0 Å². The number of rotatable bonds is 6. The van der Waals surface area contributed by atoms with Gasteiger partial charge in [0.2, 0.25) is 0 Å². The zero-order chi connectivity index (χ0) is 19.6. The van der Waals surface area contributed by atoms with Crippen LogP contribution in [0.25, 0.3) is 11.1 Å². The maximum absolute atomic E-state index is 12.7. The lowest BCUT2D eigenvalue weighted by Crippen LogP contribution is -2.33. The first-order chi connectivity index (χ1) is 12.9. The van der Waals surface area contributed by atoms with Crippen LogP contribution in [0.3, 0.4) is 0 Å². The molecule has 0 bridgehead atoms. The lowest BCUT2D eigenvalue weighted by atomic mass is 10.0. The van der Waals surface area contributed by atoms with Crippen LogP contribution in [-0.4, -0.2) is 21.4 Å². The predicted octanol–water partition coefficient (Wildman–Crippen LogP) is 3.37. The molecule has 0 spiro atoms. The summed E-state index contributed by atoms with van der Waals surface area (Å²) >= 11 is 1.31. The van der Waals surface area contributed by atoms with E-state index < -0.39 is 5.91 Å². The number of amides is 2. The summed E-state index contributed by atoms with van der Waals surface area (Å²) in [5.41, 5.74) is 7.72. The number of nitrogens with one attached hydrogen (secondary N) is 1. The maximum Gasteiger partial charge on any atom is 0.258 e. The number of aromatic nitrogens is 2. The number of nitrogens with zero attached hydrogens (tertiary/aromatic N) is 2. The number of benzene rings is 1. The number of hydrogen-bond donors (Lipinski definition) is 2. The molecule has 0 aliphatic rings. The molecule has 3 N–H and O–H groups in total. The molecule has 1 atom stereocenters. The van der Waals surface area contributed by atoms with Gasteiger partial charge < -0.3 is 15.6 Å². The second kappa shape index (κ2) is 7.75. The van der Waals surface area contributed by atoms with Crippen LogP contribution in [0.1, 0.15) is 45.7 Å². The molecule has 140 valence electrons. The molecule has 3 aromatic rings. The van der Waals surface area contributed by atoms with Crippen LogP contribution in [0.5, 0.6) is 0 Å². The molecule has 7 heteroatoms. The fourth-order valence-electron chi connectivity index (χ4n) is 2.86. The van der Waals surface area contributed by atoms with Crippen molar-refractivity contribution < 1.29 is 9.59 Å². The van der Waals surface area contributed by atoms with Gasteiger partial charge in [0.25, 0.3) is 11.8 Å². The second-order valence-electron chi connectivity index (χ2n) is 6.73. The third-order valence-corrected chi connectivity index (χ3v) is 5.36. The van der Waals surface area contributed by atoms with Gasteiger partial charge in [-0.1, -0.05) is 26.0 Å².